The zero-order chi connectivity index (χ0) is 16.2. The van der Waals surface area contributed by atoms with E-state index in [9.17, 15) is 13.2 Å². The lowest BCUT2D eigenvalue weighted by molar-refractivity contribution is -0.145. The van der Waals surface area contributed by atoms with Gasteiger partial charge in [0.05, 0.1) is 0 Å². The monoisotopic (exact) mass is 339 g/mol. The number of rotatable bonds is 2. The molecule has 1 aliphatic rings. The molecule has 0 amide bonds. The van der Waals surface area contributed by atoms with Gasteiger partial charge in [-0.05, 0) is 29.9 Å². The topological polar surface area (TPSA) is 56.0 Å². The molecular weight excluding hydrogens is 331 g/mol. The van der Waals surface area contributed by atoms with Crippen molar-refractivity contribution in [2.45, 2.75) is 24.4 Å². The van der Waals surface area contributed by atoms with Crippen LogP contribution in [0.15, 0.2) is 30.9 Å². The van der Waals surface area contributed by atoms with Crippen LogP contribution in [-0.2, 0) is 6.18 Å². The SMILES string of the molecule is FC(F)(F)c1ncc([C@@H]2C[C@H]2c2cc(Cl)nn3ccnc23)cn1. The molecule has 0 saturated heterocycles. The highest BCUT2D eigenvalue weighted by Gasteiger charge is 2.42. The lowest BCUT2D eigenvalue weighted by atomic mass is 10.1. The highest BCUT2D eigenvalue weighted by Crippen LogP contribution is 2.55. The van der Waals surface area contributed by atoms with E-state index >= 15 is 0 Å². The summed E-state index contributed by atoms with van der Waals surface area (Å²) in [5.41, 5.74) is 2.32. The van der Waals surface area contributed by atoms with Crippen LogP contribution in [0, 0.1) is 0 Å². The second-order valence-electron chi connectivity index (χ2n) is 5.40. The Balaban J connectivity index is 1.63. The minimum Gasteiger partial charge on any atom is -0.235 e. The van der Waals surface area contributed by atoms with Gasteiger partial charge in [-0.15, -0.1) is 0 Å². The maximum absolute atomic E-state index is 12.5. The molecule has 0 aromatic carbocycles. The van der Waals surface area contributed by atoms with Gasteiger partial charge in [-0.25, -0.2) is 19.5 Å². The lowest BCUT2D eigenvalue weighted by Crippen LogP contribution is -2.10. The van der Waals surface area contributed by atoms with Gasteiger partial charge in [0.1, 0.15) is 5.15 Å². The average molecular weight is 340 g/mol. The molecule has 0 bridgehead atoms. The van der Waals surface area contributed by atoms with Crippen molar-refractivity contribution in [3.63, 3.8) is 0 Å². The van der Waals surface area contributed by atoms with Crippen molar-refractivity contribution in [1.82, 2.24) is 24.6 Å². The zero-order valence-corrected chi connectivity index (χ0v) is 12.3. The molecule has 5 nitrogen and oxygen atoms in total. The fourth-order valence-electron chi connectivity index (χ4n) is 2.76. The number of hydrogen-bond acceptors (Lipinski definition) is 4. The molecular formula is C14H9ClF3N5. The van der Waals surface area contributed by atoms with Crippen molar-refractivity contribution in [3.8, 4) is 0 Å². The molecule has 0 spiro atoms. The molecule has 118 valence electrons. The third-order valence-electron chi connectivity index (χ3n) is 3.90. The van der Waals surface area contributed by atoms with Crippen LogP contribution in [0.5, 0.6) is 0 Å². The molecule has 0 radical (unpaired) electrons. The van der Waals surface area contributed by atoms with Crippen molar-refractivity contribution in [2.24, 2.45) is 0 Å². The van der Waals surface area contributed by atoms with Crippen molar-refractivity contribution in [3.05, 3.63) is 53.0 Å². The molecule has 1 fully saturated rings. The number of hydrogen-bond donors (Lipinski definition) is 0. The number of imidazole rings is 1. The van der Waals surface area contributed by atoms with Gasteiger partial charge in [-0.2, -0.15) is 18.3 Å². The third kappa shape index (κ3) is 2.52. The van der Waals surface area contributed by atoms with Gasteiger partial charge in [0.25, 0.3) is 0 Å². The van der Waals surface area contributed by atoms with Crippen LogP contribution in [0.2, 0.25) is 5.15 Å². The maximum atomic E-state index is 12.5. The largest absolute Gasteiger partial charge is 0.451 e. The van der Waals surface area contributed by atoms with Gasteiger partial charge in [0, 0.05) is 30.4 Å². The normalized spacial score (nSPS) is 20.9. The van der Waals surface area contributed by atoms with E-state index in [1.165, 1.54) is 12.4 Å². The van der Waals surface area contributed by atoms with Crippen molar-refractivity contribution in [2.75, 3.05) is 0 Å². The first-order valence-electron chi connectivity index (χ1n) is 6.82. The fraction of sp³-hybridized carbons (Fsp3) is 0.286. The molecule has 23 heavy (non-hydrogen) atoms. The zero-order valence-electron chi connectivity index (χ0n) is 11.5. The Bertz CT molecular complexity index is 874. The predicted molar refractivity (Wildman–Crippen MR) is 75.1 cm³/mol. The van der Waals surface area contributed by atoms with Gasteiger partial charge >= 0.3 is 6.18 Å². The molecule has 3 aromatic rings. The summed E-state index contributed by atoms with van der Waals surface area (Å²) < 4.78 is 39.1. The van der Waals surface area contributed by atoms with Gasteiger partial charge < -0.3 is 0 Å². The van der Waals surface area contributed by atoms with E-state index in [0.29, 0.717) is 16.4 Å². The van der Waals surface area contributed by atoms with E-state index in [1.54, 1.807) is 23.0 Å². The van der Waals surface area contributed by atoms with Crippen molar-refractivity contribution in [1.29, 1.82) is 0 Å². The minimum absolute atomic E-state index is 0.0660. The maximum Gasteiger partial charge on any atom is 0.451 e. The second kappa shape index (κ2) is 4.89. The van der Waals surface area contributed by atoms with Crippen LogP contribution in [0.4, 0.5) is 13.2 Å². The lowest BCUT2D eigenvalue weighted by Gasteiger charge is -2.06. The highest BCUT2D eigenvalue weighted by molar-refractivity contribution is 6.29. The van der Waals surface area contributed by atoms with Gasteiger partial charge in [-0.3, -0.25) is 0 Å². The summed E-state index contributed by atoms with van der Waals surface area (Å²) in [6, 6.07) is 1.75. The van der Waals surface area contributed by atoms with Gasteiger partial charge in [0.2, 0.25) is 5.82 Å². The average Bonchev–Trinajstić information content (AvgIpc) is 3.16. The molecule has 3 heterocycles. The molecule has 1 aliphatic carbocycles. The Morgan fingerprint density at radius 2 is 1.87 bits per heavy atom. The predicted octanol–water partition coefficient (Wildman–Crippen LogP) is 3.46. The number of halogens is 4. The van der Waals surface area contributed by atoms with Crippen LogP contribution < -0.4 is 0 Å². The summed E-state index contributed by atoms with van der Waals surface area (Å²) in [6.45, 7) is 0. The molecule has 3 aromatic heterocycles. The fourth-order valence-corrected chi connectivity index (χ4v) is 2.96. The summed E-state index contributed by atoms with van der Waals surface area (Å²) in [5, 5.41) is 4.46. The van der Waals surface area contributed by atoms with E-state index in [4.69, 9.17) is 11.6 Å². The van der Waals surface area contributed by atoms with E-state index < -0.39 is 12.0 Å². The molecule has 1 saturated carbocycles. The molecule has 4 rings (SSSR count). The summed E-state index contributed by atoms with van der Waals surface area (Å²) in [6.07, 6.45) is 2.07. The number of nitrogens with zero attached hydrogens (tertiary/aromatic N) is 5. The van der Waals surface area contributed by atoms with E-state index in [-0.39, 0.29) is 11.8 Å². The Hall–Kier alpha value is -2.22. The summed E-state index contributed by atoms with van der Waals surface area (Å²) in [5.74, 6) is -0.932. The first-order chi connectivity index (χ1) is 10.9. The van der Waals surface area contributed by atoms with Crippen LogP contribution in [0.1, 0.15) is 35.2 Å². The van der Waals surface area contributed by atoms with Gasteiger partial charge in [-0.1, -0.05) is 11.6 Å². The third-order valence-corrected chi connectivity index (χ3v) is 4.09. The minimum atomic E-state index is -4.53. The van der Waals surface area contributed by atoms with Crippen LogP contribution in [0.3, 0.4) is 0 Å². The molecule has 0 aliphatic heterocycles. The molecule has 0 unspecified atom stereocenters. The Morgan fingerprint density at radius 1 is 1.13 bits per heavy atom. The first kappa shape index (κ1) is 14.4. The molecule has 9 heteroatoms. The standard InChI is InChI=1S/C14H9ClF3N5/c15-11-4-10(12-19-1-2-23(12)22-11)9-3-8(9)7-5-20-13(21-6-7)14(16,17)18/h1-2,4-6,8-9H,3H2/t8-,9+/m0/s1. The Morgan fingerprint density at radius 3 is 2.57 bits per heavy atom. The van der Waals surface area contributed by atoms with Gasteiger partial charge in [0.15, 0.2) is 5.65 Å². The number of alkyl halides is 3. The molecule has 0 N–H and O–H groups in total. The summed E-state index contributed by atoms with van der Waals surface area (Å²) >= 11 is 6.01. The summed E-state index contributed by atoms with van der Waals surface area (Å²) in [7, 11) is 0. The van der Waals surface area contributed by atoms with E-state index in [0.717, 1.165) is 12.0 Å². The first-order valence-corrected chi connectivity index (χ1v) is 7.20. The quantitative estimate of drug-likeness (QED) is 0.717. The van der Waals surface area contributed by atoms with Crippen LogP contribution in [0.25, 0.3) is 5.65 Å². The number of fused-ring (bicyclic) bond motifs is 1. The van der Waals surface area contributed by atoms with Crippen molar-refractivity contribution < 1.29 is 13.2 Å². The Labute approximate surface area is 133 Å². The second-order valence-corrected chi connectivity index (χ2v) is 5.79. The molecule has 2 atom stereocenters. The highest BCUT2D eigenvalue weighted by atomic mass is 35.5. The summed E-state index contributed by atoms with van der Waals surface area (Å²) in [4.78, 5) is 11.1. The van der Waals surface area contributed by atoms with Crippen molar-refractivity contribution >= 4 is 17.2 Å². The smallest absolute Gasteiger partial charge is 0.235 e. The van der Waals surface area contributed by atoms with Crippen LogP contribution in [-0.4, -0.2) is 24.6 Å². The van der Waals surface area contributed by atoms with E-state index in [1.807, 2.05) is 0 Å². The Kier molecular flexibility index (Phi) is 3.06. The number of aromatic nitrogens is 5. The van der Waals surface area contributed by atoms with E-state index in [2.05, 4.69) is 20.1 Å². The van der Waals surface area contributed by atoms with Crippen LogP contribution >= 0.6 is 11.6 Å².